The van der Waals surface area contributed by atoms with Gasteiger partial charge in [0, 0.05) is 30.7 Å². The number of hydrogen-bond donors (Lipinski definition) is 2. The molecule has 0 aromatic heterocycles. The predicted molar refractivity (Wildman–Crippen MR) is 128 cm³/mol. The van der Waals surface area contributed by atoms with Crippen LogP contribution in [0.1, 0.15) is 5.56 Å². The van der Waals surface area contributed by atoms with Gasteiger partial charge in [-0.15, -0.1) is 0 Å². The molecule has 2 fully saturated rings. The number of nitrogens with zero attached hydrogens (tertiary/aromatic N) is 1. The van der Waals surface area contributed by atoms with Crippen LogP contribution in [-0.2, 0) is 20.8 Å². The van der Waals surface area contributed by atoms with E-state index in [9.17, 15) is 4.79 Å². The van der Waals surface area contributed by atoms with Gasteiger partial charge in [0.25, 0.3) is 0 Å². The highest BCUT2D eigenvalue weighted by atomic mass is 16.6. The van der Waals surface area contributed by atoms with Gasteiger partial charge >= 0.3 is 6.09 Å². The second-order valence-electron chi connectivity index (χ2n) is 8.86. The Bertz CT molecular complexity index is 1110. The van der Waals surface area contributed by atoms with Crippen LogP contribution in [0.5, 0.6) is 0 Å². The molecule has 3 aromatic rings. The van der Waals surface area contributed by atoms with Crippen LogP contribution < -0.4 is 15.5 Å². The molecule has 1 amide bonds. The molecule has 7 heteroatoms. The average molecular weight is 449 g/mol. The normalized spacial score (nSPS) is 23.9. The number of nitrogens with two attached hydrogens (primary N) is 1. The largest absolute Gasteiger partial charge is 0.441 e. The Balaban J connectivity index is 1.15. The Morgan fingerprint density at radius 1 is 1.00 bits per heavy atom. The van der Waals surface area contributed by atoms with E-state index in [1.807, 2.05) is 56.6 Å². The van der Waals surface area contributed by atoms with E-state index in [-0.39, 0.29) is 18.2 Å². The summed E-state index contributed by atoms with van der Waals surface area (Å²) >= 11 is 0. The summed E-state index contributed by atoms with van der Waals surface area (Å²) < 4.78 is 17.7. The minimum Gasteiger partial charge on any atom is -0.441 e. The van der Waals surface area contributed by atoms with E-state index < -0.39 is 12.2 Å². The van der Waals surface area contributed by atoms with Gasteiger partial charge in [-0.05, 0) is 23.6 Å². The van der Waals surface area contributed by atoms with Crippen molar-refractivity contribution >= 4 is 28.2 Å². The van der Waals surface area contributed by atoms with Crippen molar-refractivity contribution in [3.63, 3.8) is 0 Å². The SMILES string of the molecule is CN(C)c1ccc(C[NH2+][C@H]2CO[C@H]3[C@@H]2OC[C@H]3OC(=O)Nc2cccc3ccccc23)cc1. The first-order valence-electron chi connectivity index (χ1n) is 11.4. The minimum absolute atomic E-state index is 0.0820. The van der Waals surface area contributed by atoms with Gasteiger partial charge in [-0.2, -0.15) is 0 Å². The summed E-state index contributed by atoms with van der Waals surface area (Å²) in [5.74, 6) is 0. The monoisotopic (exact) mass is 448 g/mol. The number of carbonyl (C=O) groups excluding carboxylic acids is 1. The highest BCUT2D eigenvalue weighted by Gasteiger charge is 2.51. The van der Waals surface area contributed by atoms with Crippen LogP contribution in [-0.4, -0.2) is 57.8 Å². The molecule has 0 radical (unpaired) electrons. The lowest BCUT2D eigenvalue weighted by atomic mass is 10.1. The molecule has 3 aromatic carbocycles. The number of anilines is 2. The first-order valence-corrected chi connectivity index (χ1v) is 11.4. The molecule has 0 aliphatic carbocycles. The second kappa shape index (κ2) is 9.39. The Labute approximate surface area is 193 Å². The molecule has 5 rings (SSSR count). The van der Waals surface area contributed by atoms with E-state index >= 15 is 0 Å². The summed E-state index contributed by atoms with van der Waals surface area (Å²) in [5, 5.41) is 7.17. The third-order valence-corrected chi connectivity index (χ3v) is 6.44. The summed E-state index contributed by atoms with van der Waals surface area (Å²) in [6.45, 7) is 1.78. The fraction of sp³-hybridized carbons (Fsp3) is 0.346. The van der Waals surface area contributed by atoms with Crippen molar-refractivity contribution in [1.82, 2.24) is 0 Å². The summed E-state index contributed by atoms with van der Waals surface area (Å²) in [4.78, 5) is 14.7. The zero-order valence-electron chi connectivity index (χ0n) is 18.9. The highest BCUT2D eigenvalue weighted by Crippen LogP contribution is 2.29. The van der Waals surface area contributed by atoms with Gasteiger partial charge in [-0.3, -0.25) is 5.32 Å². The van der Waals surface area contributed by atoms with Crippen molar-refractivity contribution in [1.29, 1.82) is 0 Å². The Morgan fingerprint density at radius 3 is 2.58 bits per heavy atom. The van der Waals surface area contributed by atoms with E-state index in [2.05, 4.69) is 39.8 Å². The number of hydrogen-bond acceptors (Lipinski definition) is 5. The van der Waals surface area contributed by atoms with Gasteiger partial charge in [-0.25, -0.2) is 4.79 Å². The van der Waals surface area contributed by atoms with Gasteiger partial charge < -0.3 is 24.4 Å². The Morgan fingerprint density at radius 2 is 1.76 bits per heavy atom. The van der Waals surface area contributed by atoms with Gasteiger partial charge in [-0.1, -0.05) is 48.5 Å². The second-order valence-corrected chi connectivity index (χ2v) is 8.86. The van der Waals surface area contributed by atoms with Gasteiger partial charge in [0.2, 0.25) is 0 Å². The first-order chi connectivity index (χ1) is 16.1. The maximum absolute atomic E-state index is 12.6. The fourth-order valence-corrected chi connectivity index (χ4v) is 4.63. The summed E-state index contributed by atoms with van der Waals surface area (Å²) in [7, 11) is 4.07. The molecule has 0 saturated carbocycles. The summed E-state index contributed by atoms with van der Waals surface area (Å²) in [5.41, 5.74) is 3.17. The zero-order chi connectivity index (χ0) is 22.8. The van der Waals surface area contributed by atoms with Gasteiger partial charge in [0.15, 0.2) is 6.10 Å². The standard InChI is InChI=1S/C26H29N3O4/c1-29(2)19-12-10-17(11-13-19)14-27-22-15-31-25-23(16-32-24(22)25)33-26(30)28-21-9-5-7-18-6-3-4-8-20(18)21/h3-13,22-25,27H,14-16H2,1-2H3,(H,28,30)/p+1/t22-,23+,24+,25+/m0/s1. The Kier molecular flexibility index (Phi) is 6.17. The van der Waals surface area contributed by atoms with Crippen molar-refractivity contribution in [2.24, 2.45) is 0 Å². The minimum atomic E-state index is -0.488. The smallest absolute Gasteiger partial charge is 0.412 e. The highest BCUT2D eigenvalue weighted by molar-refractivity contribution is 6.00. The molecule has 2 aliphatic rings. The zero-order valence-corrected chi connectivity index (χ0v) is 18.9. The van der Waals surface area contributed by atoms with E-state index in [4.69, 9.17) is 14.2 Å². The molecule has 33 heavy (non-hydrogen) atoms. The van der Waals surface area contributed by atoms with Crippen LogP contribution in [0.2, 0.25) is 0 Å². The maximum Gasteiger partial charge on any atom is 0.412 e. The van der Waals surface area contributed by atoms with E-state index in [1.54, 1.807) is 0 Å². The van der Waals surface area contributed by atoms with Crippen molar-refractivity contribution in [2.45, 2.75) is 30.9 Å². The molecular weight excluding hydrogens is 418 g/mol. The van der Waals surface area contributed by atoms with Crippen molar-refractivity contribution in [2.75, 3.05) is 37.5 Å². The predicted octanol–water partition coefficient (Wildman–Crippen LogP) is 2.75. The molecule has 7 nitrogen and oxygen atoms in total. The molecule has 172 valence electrons. The molecule has 2 saturated heterocycles. The fourth-order valence-electron chi connectivity index (χ4n) is 4.63. The molecule has 4 atom stereocenters. The lowest BCUT2D eigenvalue weighted by Crippen LogP contribution is -2.91. The third kappa shape index (κ3) is 4.66. The van der Waals surface area contributed by atoms with Crippen molar-refractivity contribution < 1.29 is 24.3 Å². The first kappa shape index (κ1) is 21.7. The molecule has 0 unspecified atom stereocenters. The van der Waals surface area contributed by atoms with Gasteiger partial charge in [0.05, 0.1) is 12.3 Å². The molecular formula is C26H30N3O4+. The lowest BCUT2D eigenvalue weighted by Gasteiger charge is -2.17. The maximum atomic E-state index is 12.6. The lowest BCUT2D eigenvalue weighted by molar-refractivity contribution is -0.707. The molecule has 2 heterocycles. The van der Waals surface area contributed by atoms with Crippen LogP contribution in [0.4, 0.5) is 16.2 Å². The number of amides is 1. The van der Waals surface area contributed by atoms with Crippen LogP contribution in [0.3, 0.4) is 0 Å². The number of benzene rings is 3. The molecule has 0 spiro atoms. The molecule has 2 aliphatic heterocycles. The van der Waals surface area contributed by atoms with E-state index in [0.29, 0.717) is 13.2 Å². The van der Waals surface area contributed by atoms with E-state index in [0.717, 1.165) is 23.0 Å². The topological polar surface area (TPSA) is 76.6 Å². The van der Waals surface area contributed by atoms with Crippen LogP contribution >= 0.6 is 0 Å². The average Bonchev–Trinajstić information content (AvgIpc) is 3.41. The van der Waals surface area contributed by atoms with Gasteiger partial charge in [0.1, 0.15) is 31.4 Å². The van der Waals surface area contributed by atoms with Crippen LogP contribution in [0.15, 0.2) is 66.7 Å². The van der Waals surface area contributed by atoms with Crippen molar-refractivity contribution in [3.8, 4) is 0 Å². The number of nitrogens with one attached hydrogen (secondary N) is 1. The quantitative estimate of drug-likeness (QED) is 0.607. The number of fused-ring (bicyclic) bond motifs is 2. The number of carbonyl (C=O) groups is 1. The van der Waals surface area contributed by atoms with Crippen molar-refractivity contribution in [3.05, 3.63) is 72.3 Å². The summed E-state index contributed by atoms with van der Waals surface area (Å²) in [6.07, 6.45) is -1.22. The number of ether oxygens (including phenoxy) is 3. The molecule has 0 bridgehead atoms. The van der Waals surface area contributed by atoms with Crippen LogP contribution in [0.25, 0.3) is 10.8 Å². The third-order valence-electron chi connectivity index (χ3n) is 6.44. The van der Waals surface area contributed by atoms with E-state index in [1.165, 1.54) is 11.3 Å². The molecule has 3 N–H and O–H groups in total. The van der Waals surface area contributed by atoms with Crippen LogP contribution in [0, 0.1) is 0 Å². The number of rotatable bonds is 6. The Hall–Kier alpha value is -3.13. The summed E-state index contributed by atoms with van der Waals surface area (Å²) in [6, 6.07) is 22.5. The number of quaternary nitrogens is 1.